The average Bonchev–Trinajstić information content (AvgIpc) is 3.25. The van der Waals surface area contributed by atoms with Gasteiger partial charge in [-0.3, -0.25) is 23.9 Å². The number of H-pyrrole nitrogens is 1. The largest absolute Gasteiger partial charge is 0.587 e. The minimum Gasteiger partial charge on any atom is -0.395 e. The smallest absolute Gasteiger partial charge is 0.395 e. The number of hydrogen-bond donors (Lipinski definition) is 1. The molecule has 0 aliphatic carbocycles. The van der Waals surface area contributed by atoms with Gasteiger partial charge in [0.2, 0.25) is 0 Å². The molecule has 4 rings (SSSR count). The molecule has 3 heterocycles. The number of aromatic nitrogens is 3. The average molecular weight is 535 g/mol. The molecule has 0 amide bonds. The minimum atomic E-state index is -4.31. The summed E-state index contributed by atoms with van der Waals surface area (Å²) in [4.78, 5) is 32.9. The monoisotopic (exact) mass is 534 g/mol. The number of aryl methyl sites for hydroxylation is 1. The van der Waals surface area contributed by atoms with Gasteiger partial charge in [0, 0.05) is 34.3 Å². The van der Waals surface area contributed by atoms with Gasteiger partial charge in [-0.15, -0.1) is 0 Å². The SMILES string of the molecule is Cc1cn([C@H]2C[C@H](N=[N+]=[N-])[C@@H](COP(=O)(Oc3ccc(Cl)cc3)Oc3cccnc3)O2)c(=O)[nH]c1=O. The molecule has 0 bridgehead atoms. The lowest BCUT2D eigenvalue weighted by atomic mass is 10.1. The van der Waals surface area contributed by atoms with E-state index in [1.54, 1.807) is 6.07 Å². The Labute approximate surface area is 208 Å². The zero-order valence-electron chi connectivity index (χ0n) is 18.8. The van der Waals surface area contributed by atoms with Crippen molar-refractivity contribution in [1.82, 2.24) is 14.5 Å². The van der Waals surface area contributed by atoms with E-state index >= 15 is 0 Å². The molecule has 1 saturated heterocycles. The second kappa shape index (κ2) is 11.0. The summed E-state index contributed by atoms with van der Waals surface area (Å²) in [6.45, 7) is 1.16. The molecule has 1 aliphatic rings. The van der Waals surface area contributed by atoms with Crippen LogP contribution in [0.25, 0.3) is 10.4 Å². The van der Waals surface area contributed by atoms with Crippen molar-refractivity contribution >= 4 is 19.4 Å². The number of nitrogens with one attached hydrogen (secondary N) is 1. The molecule has 36 heavy (non-hydrogen) atoms. The van der Waals surface area contributed by atoms with E-state index in [1.807, 2.05) is 0 Å². The first-order valence-electron chi connectivity index (χ1n) is 10.6. The molecule has 0 saturated carbocycles. The summed E-state index contributed by atoms with van der Waals surface area (Å²) in [7, 11) is -4.31. The summed E-state index contributed by atoms with van der Waals surface area (Å²) in [6.07, 6.45) is 2.52. The summed E-state index contributed by atoms with van der Waals surface area (Å²) in [6, 6.07) is 8.37. The number of benzene rings is 1. The zero-order chi connectivity index (χ0) is 25.7. The molecule has 1 unspecified atom stereocenters. The first-order chi connectivity index (χ1) is 17.3. The molecule has 13 nitrogen and oxygen atoms in total. The van der Waals surface area contributed by atoms with Crippen molar-refractivity contribution in [2.75, 3.05) is 6.61 Å². The molecule has 15 heteroatoms. The van der Waals surface area contributed by atoms with Crippen LogP contribution in [0.4, 0.5) is 0 Å². The first kappa shape index (κ1) is 25.5. The van der Waals surface area contributed by atoms with Crippen LogP contribution < -0.4 is 20.3 Å². The number of phosphoric ester groups is 1. The highest BCUT2D eigenvalue weighted by Crippen LogP contribution is 2.50. The number of rotatable bonds is 9. The van der Waals surface area contributed by atoms with Gasteiger partial charge in [0.25, 0.3) is 5.56 Å². The van der Waals surface area contributed by atoms with Crippen LogP contribution in [0.3, 0.4) is 0 Å². The van der Waals surface area contributed by atoms with Gasteiger partial charge in [0.1, 0.15) is 12.0 Å². The molecule has 0 spiro atoms. The highest BCUT2D eigenvalue weighted by Gasteiger charge is 2.40. The van der Waals surface area contributed by atoms with Gasteiger partial charge in [-0.25, -0.2) is 9.36 Å². The zero-order valence-corrected chi connectivity index (χ0v) is 20.4. The molecule has 1 aliphatic heterocycles. The number of hydrogen-bond acceptors (Lipinski definition) is 9. The highest BCUT2D eigenvalue weighted by molar-refractivity contribution is 7.49. The second-order valence-electron chi connectivity index (χ2n) is 7.68. The Morgan fingerprint density at radius 2 is 2.03 bits per heavy atom. The quantitative estimate of drug-likeness (QED) is 0.185. The Morgan fingerprint density at radius 3 is 2.72 bits per heavy atom. The fourth-order valence-corrected chi connectivity index (χ4v) is 4.76. The molecule has 1 fully saturated rings. The topological polar surface area (TPSA) is 170 Å². The Balaban J connectivity index is 1.55. The third-order valence-electron chi connectivity index (χ3n) is 5.14. The minimum absolute atomic E-state index is 0.106. The van der Waals surface area contributed by atoms with Gasteiger partial charge in [-0.05, 0) is 48.9 Å². The lowest BCUT2D eigenvalue weighted by Gasteiger charge is -2.22. The van der Waals surface area contributed by atoms with Crippen molar-refractivity contribution in [3.63, 3.8) is 0 Å². The third-order valence-corrected chi connectivity index (χ3v) is 6.73. The van der Waals surface area contributed by atoms with E-state index in [0.29, 0.717) is 10.6 Å². The predicted octanol–water partition coefficient (Wildman–Crippen LogP) is 4.14. The number of pyridine rings is 1. The molecule has 0 radical (unpaired) electrons. The van der Waals surface area contributed by atoms with Crippen LogP contribution in [0.15, 0.2) is 69.7 Å². The van der Waals surface area contributed by atoms with Crippen molar-refractivity contribution in [1.29, 1.82) is 0 Å². The van der Waals surface area contributed by atoms with E-state index in [2.05, 4.69) is 20.0 Å². The normalized spacial score (nSPS) is 20.8. The number of nitrogens with zero attached hydrogens (tertiary/aromatic N) is 5. The van der Waals surface area contributed by atoms with Crippen molar-refractivity contribution < 1.29 is 22.9 Å². The van der Waals surface area contributed by atoms with Crippen LogP contribution in [-0.4, -0.2) is 33.3 Å². The Morgan fingerprint density at radius 1 is 1.28 bits per heavy atom. The van der Waals surface area contributed by atoms with Crippen molar-refractivity contribution in [2.45, 2.75) is 31.7 Å². The Kier molecular flexibility index (Phi) is 7.78. The molecule has 2 aromatic heterocycles. The van der Waals surface area contributed by atoms with Gasteiger partial charge < -0.3 is 13.8 Å². The molecule has 3 aromatic rings. The van der Waals surface area contributed by atoms with E-state index in [1.165, 1.54) is 60.4 Å². The molecule has 188 valence electrons. The molecule has 1 N–H and O–H groups in total. The maximum absolute atomic E-state index is 13.6. The fraction of sp³-hybridized carbons (Fsp3) is 0.286. The van der Waals surface area contributed by atoms with Gasteiger partial charge in [-0.1, -0.05) is 16.7 Å². The Hall–Kier alpha value is -3.60. The third kappa shape index (κ3) is 6.14. The number of phosphoric acid groups is 1. The van der Waals surface area contributed by atoms with Crippen LogP contribution in [0.1, 0.15) is 18.2 Å². The van der Waals surface area contributed by atoms with Gasteiger partial charge in [-0.2, -0.15) is 0 Å². The van der Waals surface area contributed by atoms with Gasteiger partial charge >= 0.3 is 13.5 Å². The number of halogens is 1. The van der Waals surface area contributed by atoms with Gasteiger partial charge in [0.05, 0.1) is 24.9 Å². The molecular weight excluding hydrogens is 515 g/mol. The predicted molar refractivity (Wildman–Crippen MR) is 128 cm³/mol. The van der Waals surface area contributed by atoms with Crippen LogP contribution in [-0.2, 0) is 13.8 Å². The van der Waals surface area contributed by atoms with E-state index in [0.717, 1.165) is 0 Å². The lowest BCUT2D eigenvalue weighted by Crippen LogP contribution is -2.33. The standard InChI is InChI=1S/C21H20ClN6O7P/c1-13-11-28(21(30)25-20(13)29)19-9-17(26-27-23)18(33-19)12-32-36(31,35-16-3-2-8-24-10-16)34-15-6-4-14(22)5-7-15/h2-8,10-11,17-19H,9,12H2,1H3,(H,25,29,30)/t17-,18+,19+,36?/m0/s1. The van der Waals surface area contributed by atoms with Crippen LogP contribution >= 0.6 is 19.4 Å². The van der Waals surface area contributed by atoms with Crippen LogP contribution in [0, 0.1) is 6.92 Å². The number of azide groups is 1. The molecule has 1 aromatic carbocycles. The summed E-state index contributed by atoms with van der Waals surface area (Å²) in [5.74, 6) is 0.292. The first-order valence-corrected chi connectivity index (χ1v) is 12.4. The molecular formula is C21H20ClN6O7P. The maximum Gasteiger partial charge on any atom is 0.587 e. The summed E-state index contributed by atoms with van der Waals surface area (Å²) >= 11 is 5.90. The highest BCUT2D eigenvalue weighted by atomic mass is 35.5. The van der Waals surface area contributed by atoms with Crippen LogP contribution in [0.2, 0.25) is 5.02 Å². The van der Waals surface area contributed by atoms with Gasteiger partial charge in [0.15, 0.2) is 5.75 Å². The van der Waals surface area contributed by atoms with Crippen molar-refractivity contribution in [3.05, 3.63) is 96.9 Å². The second-order valence-corrected chi connectivity index (χ2v) is 9.64. The van der Waals surface area contributed by atoms with E-state index < -0.39 is 37.4 Å². The van der Waals surface area contributed by atoms with Crippen LogP contribution in [0.5, 0.6) is 11.5 Å². The van der Waals surface area contributed by atoms with E-state index in [4.69, 9.17) is 35.4 Å². The number of aromatic amines is 1. The van der Waals surface area contributed by atoms with E-state index in [-0.39, 0.29) is 24.5 Å². The summed E-state index contributed by atoms with van der Waals surface area (Å²) in [5, 5.41) is 4.17. The Bertz CT molecular complexity index is 1430. The summed E-state index contributed by atoms with van der Waals surface area (Å²) < 4.78 is 37.3. The fourth-order valence-electron chi connectivity index (χ4n) is 3.41. The van der Waals surface area contributed by atoms with Crippen molar-refractivity contribution in [3.8, 4) is 11.5 Å². The number of ether oxygens (including phenoxy) is 1. The maximum atomic E-state index is 13.6. The lowest BCUT2D eigenvalue weighted by molar-refractivity contribution is -0.0260. The molecule has 4 atom stereocenters. The van der Waals surface area contributed by atoms with E-state index in [9.17, 15) is 14.2 Å². The van der Waals surface area contributed by atoms with Crippen molar-refractivity contribution in [2.24, 2.45) is 5.11 Å². The summed E-state index contributed by atoms with van der Waals surface area (Å²) in [5.41, 5.74) is 8.09.